The van der Waals surface area contributed by atoms with E-state index < -0.39 is 0 Å². The highest BCUT2D eigenvalue weighted by atomic mass is 35.5. The lowest BCUT2D eigenvalue weighted by Gasteiger charge is -2.37. The molecule has 1 atom stereocenters. The SMILES string of the molecule is CN1CCN2CCN(C)CCN(CC1)C(Cl)CN(C)CC2. The van der Waals surface area contributed by atoms with E-state index in [1.165, 1.54) is 13.1 Å². The average molecular weight is 318 g/mol. The molecule has 124 valence electrons. The quantitative estimate of drug-likeness (QED) is 0.460. The monoisotopic (exact) mass is 317 g/mol. The van der Waals surface area contributed by atoms with Gasteiger partial charge >= 0.3 is 0 Å². The number of hydrogen-bond acceptors (Lipinski definition) is 5. The van der Waals surface area contributed by atoms with E-state index in [1.54, 1.807) is 0 Å². The van der Waals surface area contributed by atoms with Gasteiger partial charge in [-0.05, 0) is 21.1 Å². The van der Waals surface area contributed by atoms with Crippen molar-refractivity contribution in [3.8, 4) is 0 Å². The fourth-order valence-electron chi connectivity index (χ4n) is 2.95. The summed E-state index contributed by atoms with van der Waals surface area (Å²) in [6.45, 7) is 12.1. The smallest absolute Gasteiger partial charge is 0.0979 e. The van der Waals surface area contributed by atoms with Gasteiger partial charge in [0.15, 0.2) is 0 Å². The van der Waals surface area contributed by atoms with Crippen molar-refractivity contribution in [1.29, 1.82) is 0 Å². The van der Waals surface area contributed by atoms with Crippen LogP contribution in [0.3, 0.4) is 0 Å². The highest BCUT2D eigenvalue weighted by Gasteiger charge is 2.21. The van der Waals surface area contributed by atoms with E-state index in [4.69, 9.17) is 11.6 Å². The first-order chi connectivity index (χ1) is 10.0. The molecule has 6 heteroatoms. The number of fused-ring (bicyclic) bond motifs is 12. The molecule has 5 nitrogen and oxygen atoms in total. The fraction of sp³-hybridized carbons (Fsp3) is 1.00. The van der Waals surface area contributed by atoms with Crippen LogP contribution in [0.2, 0.25) is 0 Å². The summed E-state index contributed by atoms with van der Waals surface area (Å²) in [6, 6.07) is 0. The second-order valence-electron chi connectivity index (χ2n) is 6.68. The normalized spacial score (nSPS) is 36.3. The third-order valence-corrected chi connectivity index (χ3v) is 5.20. The molecule has 3 heterocycles. The van der Waals surface area contributed by atoms with Crippen LogP contribution >= 0.6 is 11.6 Å². The largest absolute Gasteiger partial charge is 0.304 e. The summed E-state index contributed by atoms with van der Waals surface area (Å²) < 4.78 is 0. The Morgan fingerprint density at radius 1 is 0.619 bits per heavy atom. The molecule has 0 N–H and O–H groups in total. The third-order valence-electron chi connectivity index (χ3n) is 4.79. The molecule has 0 aliphatic carbocycles. The molecule has 21 heavy (non-hydrogen) atoms. The van der Waals surface area contributed by atoms with Crippen molar-refractivity contribution in [2.24, 2.45) is 0 Å². The first kappa shape index (κ1) is 17.4. The molecule has 0 aromatic carbocycles. The molecule has 0 spiro atoms. The molecule has 3 saturated heterocycles. The topological polar surface area (TPSA) is 16.2 Å². The zero-order valence-corrected chi connectivity index (χ0v) is 14.7. The van der Waals surface area contributed by atoms with E-state index in [9.17, 15) is 0 Å². The molecule has 2 bridgehead atoms. The average Bonchev–Trinajstić information content (AvgIpc) is 2.43. The number of rotatable bonds is 0. The van der Waals surface area contributed by atoms with Crippen LogP contribution in [0.4, 0.5) is 0 Å². The number of halogens is 1. The first-order valence-corrected chi connectivity index (χ1v) is 8.64. The van der Waals surface area contributed by atoms with Crippen molar-refractivity contribution >= 4 is 11.6 Å². The van der Waals surface area contributed by atoms with Crippen LogP contribution < -0.4 is 0 Å². The van der Waals surface area contributed by atoms with Crippen molar-refractivity contribution in [3.63, 3.8) is 0 Å². The van der Waals surface area contributed by atoms with Gasteiger partial charge in [-0.15, -0.1) is 11.6 Å². The van der Waals surface area contributed by atoms with Gasteiger partial charge in [-0.25, -0.2) is 0 Å². The Morgan fingerprint density at radius 2 is 1.05 bits per heavy atom. The summed E-state index contributed by atoms with van der Waals surface area (Å²) in [5.74, 6) is 0. The Balaban J connectivity index is 2.12. The minimum absolute atomic E-state index is 0.115. The Morgan fingerprint density at radius 3 is 1.57 bits per heavy atom. The number of nitrogens with zero attached hydrogens (tertiary/aromatic N) is 5. The van der Waals surface area contributed by atoms with E-state index >= 15 is 0 Å². The van der Waals surface area contributed by atoms with Crippen LogP contribution in [0.1, 0.15) is 0 Å². The van der Waals surface area contributed by atoms with Gasteiger partial charge in [-0.2, -0.15) is 0 Å². The van der Waals surface area contributed by atoms with Crippen LogP contribution in [0.5, 0.6) is 0 Å². The van der Waals surface area contributed by atoms with Crippen LogP contribution in [0, 0.1) is 0 Å². The summed E-state index contributed by atoms with van der Waals surface area (Å²) in [6.07, 6.45) is 0. The molecule has 0 saturated carbocycles. The summed E-state index contributed by atoms with van der Waals surface area (Å²) in [4.78, 5) is 12.3. The molecule has 3 aliphatic rings. The number of alkyl halides is 1. The summed E-state index contributed by atoms with van der Waals surface area (Å²) >= 11 is 6.69. The Bertz CT molecular complexity index is 286. The van der Waals surface area contributed by atoms with Gasteiger partial charge in [0.05, 0.1) is 5.50 Å². The van der Waals surface area contributed by atoms with Crippen molar-refractivity contribution in [2.75, 3.05) is 93.1 Å². The molecule has 3 fully saturated rings. The van der Waals surface area contributed by atoms with Crippen LogP contribution in [-0.4, -0.2) is 123 Å². The fourth-order valence-corrected chi connectivity index (χ4v) is 3.38. The molecule has 0 aromatic rings. The number of likely N-dealkylation sites (N-methyl/N-ethyl adjacent to an activating group) is 3. The maximum absolute atomic E-state index is 6.69. The standard InChI is InChI=1S/C15H32ClN5/c1-17-4-9-20-10-5-18(2)8-13-21(12-7-17)15(16)14-19(3)6-11-20/h15H,4-14H2,1-3H3. The molecular weight excluding hydrogens is 286 g/mol. The van der Waals surface area contributed by atoms with Crippen molar-refractivity contribution < 1.29 is 0 Å². The van der Waals surface area contributed by atoms with Crippen molar-refractivity contribution in [3.05, 3.63) is 0 Å². The molecular formula is C15H32ClN5. The van der Waals surface area contributed by atoms with Gasteiger partial charge in [-0.1, -0.05) is 0 Å². The maximum atomic E-state index is 6.69. The summed E-state index contributed by atoms with van der Waals surface area (Å²) in [5.41, 5.74) is 0.115. The van der Waals surface area contributed by atoms with Gasteiger partial charge in [0.2, 0.25) is 0 Å². The molecule has 0 radical (unpaired) electrons. The van der Waals surface area contributed by atoms with E-state index in [-0.39, 0.29) is 5.50 Å². The van der Waals surface area contributed by atoms with Gasteiger partial charge in [0, 0.05) is 72.0 Å². The Kier molecular flexibility index (Phi) is 7.19. The number of hydrogen-bond donors (Lipinski definition) is 0. The lowest BCUT2D eigenvalue weighted by atomic mass is 10.3. The zero-order valence-electron chi connectivity index (χ0n) is 14.0. The third kappa shape index (κ3) is 6.00. The summed E-state index contributed by atoms with van der Waals surface area (Å²) in [5, 5.41) is 0. The van der Waals surface area contributed by atoms with E-state index in [0.29, 0.717) is 0 Å². The van der Waals surface area contributed by atoms with Gasteiger partial charge in [0.25, 0.3) is 0 Å². The molecule has 0 amide bonds. The van der Waals surface area contributed by atoms with Crippen LogP contribution in [0.25, 0.3) is 0 Å². The van der Waals surface area contributed by atoms with Gasteiger partial charge < -0.3 is 14.7 Å². The zero-order chi connectivity index (χ0) is 15.2. The van der Waals surface area contributed by atoms with E-state index in [2.05, 4.69) is 45.6 Å². The molecule has 0 aromatic heterocycles. The Hall–Kier alpha value is 0.0900. The predicted molar refractivity (Wildman–Crippen MR) is 90.1 cm³/mol. The highest BCUT2D eigenvalue weighted by molar-refractivity contribution is 6.20. The minimum Gasteiger partial charge on any atom is -0.304 e. The van der Waals surface area contributed by atoms with Crippen LogP contribution in [-0.2, 0) is 0 Å². The maximum Gasteiger partial charge on any atom is 0.0979 e. The van der Waals surface area contributed by atoms with Gasteiger partial charge in [0.1, 0.15) is 0 Å². The summed E-state index contributed by atoms with van der Waals surface area (Å²) in [7, 11) is 6.66. The lowest BCUT2D eigenvalue weighted by Crippen LogP contribution is -2.50. The van der Waals surface area contributed by atoms with Crippen LogP contribution in [0.15, 0.2) is 0 Å². The van der Waals surface area contributed by atoms with E-state index in [0.717, 1.165) is 58.9 Å². The second kappa shape index (κ2) is 8.65. The van der Waals surface area contributed by atoms with Crippen molar-refractivity contribution in [2.45, 2.75) is 5.50 Å². The first-order valence-electron chi connectivity index (χ1n) is 8.20. The second-order valence-corrected chi connectivity index (χ2v) is 7.18. The minimum atomic E-state index is 0.115. The molecule has 3 rings (SSSR count). The highest BCUT2D eigenvalue weighted by Crippen LogP contribution is 2.09. The van der Waals surface area contributed by atoms with Gasteiger partial charge in [-0.3, -0.25) is 9.80 Å². The van der Waals surface area contributed by atoms with E-state index in [1.807, 2.05) is 0 Å². The molecule has 1 unspecified atom stereocenters. The molecule has 3 aliphatic heterocycles. The van der Waals surface area contributed by atoms with Crippen molar-refractivity contribution in [1.82, 2.24) is 24.5 Å². The Labute approximate surface area is 135 Å². The lowest BCUT2D eigenvalue weighted by molar-refractivity contribution is 0.114. The predicted octanol–water partition coefficient (Wildman–Crippen LogP) is -0.0221.